The van der Waals surface area contributed by atoms with Crippen molar-refractivity contribution in [2.45, 2.75) is 18.9 Å². The van der Waals surface area contributed by atoms with Gasteiger partial charge < -0.3 is 9.47 Å². The molecule has 150 valence electrons. The highest BCUT2D eigenvalue weighted by Gasteiger charge is 2.34. The Morgan fingerprint density at radius 2 is 1.74 bits per heavy atom. The largest absolute Gasteiger partial charge is 0.493 e. The van der Waals surface area contributed by atoms with Gasteiger partial charge in [-0.05, 0) is 53.4 Å². The third kappa shape index (κ3) is 3.63. The lowest BCUT2D eigenvalue weighted by Gasteiger charge is -2.35. The summed E-state index contributed by atoms with van der Waals surface area (Å²) in [4.78, 5) is 4.13. The molecular weight excluding hydrogens is 386 g/mol. The fourth-order valence-corrected chi connectivity index (χ4v) is 4.33. The molecule has 0 spiro atoms. The molecule has 31 heavy (non-hydrogen) atoms. The van der Waals surface area contributed by atoms with Crippen LogP contribution in [0.25, 0.3) is 11.1 Å². The van der Waals surface area contributed by atoms with Gasteiger partial charge in [-0.1, -0.05) is 36.4 Å². The molecule has 0 saturated carbocycles. The normalized spacial score (nSPS) is 20.4. The predicted molar refractivity (Wildman–Crippen MR) is 117 cm³/mol. The number of benzene rings is 3. The van der Waals surface area contributed by atoms with Gasteiger partial charge in [-0.15, -0.1) is 0 Å². The first-order chi connectivity index (χ1) is 15.2. The van der Waals surface area contributed by atoms with E-state index in [9.17, 15) is 10.5 Å². The Labute approximate surface area is 180 Å². The Bertz CT molecular complexity index is 1270. The summed E-state index contributed by atoms with van der Waals surface area (Å²) in [5, 5.41) is 18.5. The van der Waals surface area contributed by atoms with Crippen molar-refractivity contribution >= 4 is 5.71 Å². The quantitative estimate of drug-likeness (QED) is 0.568. The number of rotatable bonds is 2. The third-order valence-corrected chi connectivity index (χ3v) is 5.91. The molecule has 3 aromatic rings. The van der Waals surface area contributed by atoms with Crippen LogP contribution in [0.3, 0.4) is 0 Å². The van der Waals surface area contributed by atoms with Crippen molar-refractivity contribution in [2.24, 2.45) is 10.9 Å². The second kappa shape index (κ2) is 7.97. The lowest BCUT2D eigenvalue weighted by atomic mass is 9.86. The van der Waals surface area contributed by atoms with Crippen LogP contribution in [0, 0.1) is 28.7 Å². The summed E-state index contributed by atoms with van der Waals surface area (Å²) in [6.45, 7) is 0.579. The Balaban J connectivity index is 1.46. The number of ether oxygens (including phenoxy) is 2. The number of nitrogens with zero attached hydrogens (tertiary/aromatic N) is 3. The molecular formula is C26H19N3O2. The highest BCUT2D eigenvalue weighted by Crippen LogP contribution is 2.37. The molecule has 2 unspecified atom stereocenters. The van der Waals surface area contributed by atoms with E-state index in [1.165, 1.54) is 5.56 Å². The van der Waals surface area contributed by atoms with Crippen LogP contribution in [0.2, 0.25) is 0 Å². The fourth-order valence-electron chi connectivity index (χ4n) is 4.33. The first kappa shape index (κ1) is 18.9. The maximum absolute atomic E-state index is 9.29. The van der Waals surface area contributed by atoms with Crippen molar-refractivity contribution in [2.75, 3.05) is 6.61 Å². The van der Waals surface area contributed by atoms with Gasteiger partial charge in [0.2, 0.25) is 6.19 Å². The van der Waals surface area contributed by atoms with Crippen LogP contribution in [0.4, 0.5) is 0 Å². The molecule has 0 fully saturated rings. The van der Waals surface area contributed by atoms with E-state index in [0.29, 0.717) is 18.6 Å². The number of fused-ring (bicyclic) bond motifs is 2. The zero-order chi connectivity index (χ0) is 21.2. The second-order valence-electron chi connectivity index (χ2n) is 7.81. The molecule has 2 heterocycles. The highest BCUT2D eigenvalue weighted by atomic mass is 16.5. The van der Waals surface area contributed by atoms with Crippen LogP contribution < -0.4 is 9.47 Å². The second-order valence-corrected chi connectivity index (χ2v) is 7.81. The maximum Gasteiger partial charge on any atom is 0.205 e. The summed E-state index contributed by atoms with van der Waals surface area (Å²) < 4.78 is 12.3. The summed E-state index contributed by atoms with van der Waals surface area (Å²) >= 11 is 0. The first-order valence-electron chi connectivity index (χ1n) is 10.2. The van der Waals surface area contributed by atoms with Crippen LogP contribution in [0.5, 0.6) is 11.5 Å². The molecule has 0 bridgehead atoms. The van der Waals surface area contributed by atoms with E-state index in [4.69, 9.17) is 9.47 Å². The van der Waals surface area contributed by atoms with Crippen LogP contribution in [-0.4, -0.2) is 18.4 Å². The fraction of sp³-hybridized carbons (Fsp3) is 0.192. The van der Waals surface area contributed by atoms with Gasteiger partial charge in [-0.2, -0.15) is 15.5 Å². The topological polar surface area (TPSA) is 78.4 Å². The Morgan fingerprint density at radius 1 is 0.871 bits per heavy atom. The molecule has 2 aliphatic rings. The van der Waals surface area contributed by atoms with Gasteiger partial charge >= 0.3 is 0 Å². The third-order valence-electron chi connectivity index (χ3n) is 5.91. The molecule has 3 aromatic carbocycles. The summed E-state index contributed by atoms with van der Waals surface area (Å²) in [5.74, 6) is 1.84. The van der Waals surface area contributed by atoms with Gasteiger partial charge in [0.25, 0.3) is 0 Å². The van der Waals surface area contributed by atoms with Crippen molar-refractivity contribution in [3.8, 4) is 34.9 Å². The van der Waals surface area contributed by atoms with Crippen LogP contribution >= 0.6 is 0 Å². The minimum absolute atomic E-state index is 0.110. The Kier molecular flexibility index (Phi) is 4.86. The molecule has 0 N–H and O–H groups in total. The smallest absolute Gasteiger partial charge is 0.205 e. The summed E-state index contributed by atoms with van der Waals surface area (Å²) in [5.41, 5.74) is 5.24. The average Bonchev–Trinajstić information content (AvgIpc) is 2.83. The monoisotopic (exact) mass is 405 g/mol. The maximum atomic E-state index is 9.29. The highest BCUT2D eigenvalue weighted by molar-refractivity contribution is 6.05. The standard InChI is InChI=1S/C26H19N3O2/c27-14-17-4-3-6-18(10-17)19-8-9-25-22(12-19)23(29-16-28)13-26(31-25)21-11-20-5-1-2-7-24(20)30-15-21/h1-10,12,21,26H,11,13,15H2/b29-23+. The SMILES string of the molecule is N#C/N=C1\CC(C2COc3ccccc3C2)Oc2ccc(-c3cccc(C#N)c3)cc21. The van der Waals surface area contributed by atoms with Crippen molar-refractivity contribution < 1.29 is 9.47 Å². The van der Waals surface area contributed by atoms with Crippen molar-refractivity contribution in [3.05, 3.63) is 83.4 Å². The van der Waals surface area contributed by atoms with E-state index in [2.05, 4.69) is 17.1 Å². The molecule has 2 aliphatic heterocycles. The van der Waals surface area contributed by atoms with E-state index in [1.54, 1.807) is 6.07 Å². The lowest BCUT2D eigenvalue weighted by Crippen LogP contribution is -2.39. The molecule has 0 radical (unpaired) electrons. The lowest BCUT2D eigenvalue weighted by molar-refractivity contribution is 0.0848. The molecule has 5 rings (SSSR count). The molecule has 2 atom stereocenters. The van der Waals surface area contributed by atoms with Crippen LogP contribution in [0.1, 0.15) is 23.1 Å². The molecule has 0 aliphatic carbocycles. The first-order valence-corrected chi connectivity index (χ1v) is 10.2. The number of nitriles is 2. The molecule has 0 amide bonds. The van der Waals surface area contributed by atoms with E-state index in [-0.39, 0.29) is 12.0 Å². The average molecular weight is 405 g/mol. The van der Waals surface area contributed by atoms with E-state index in [1.807, 2.05) is 60.8 Å². The van der Waals surface area contributed by atoms with E-state index in [0.717, 1.165) is 40.3 Å². The van der Waals surface area contributed by atoms with Gasteiger partial charge in [0.15, 0.2) is 0 Å². The van der Waals surface area contributed by atoms with E-state index < -0.39 is 0 Å². The Hall–Kier alpha value is -4.09. The number of hydrogen-bond acceptors (Lipinski definition) is 5. The van der Waals surface area contributed by atoms with Crippen molar-refractivity contribution in [1.29, 1.82) is 10.5 Å². The van der Waals surface area contributed by atoms with Gasteiger partial charge in [-0.25, -0.2) is 0 Å². The molecule has 0 saturated heterocycles. The number of para-hydroxylation sites is 1. The van der Waals surface area contributed by atoms with Gasteiger partial charge in [0.05, 0.1) is 24.0 Å². The minimum Gasteiger partial charge on any atom is -0.493 e. The zero-order valence-corrected chi connectivity index (χ0v) is 16.8. The Morgan fingerprint density at radius 3 is 2.61 bits per heavy atom. The van der Waals surface area contributed by atoms with Gasteiger partial charge in [-0.3, -0.25) is 0 Å². The van der Waals surface area contributed by atoms with Crippen molar-refractivity contribution in [1.82, 2.24) is 0 Å². The summed E-state index contributed by atoms with van der Waals surface area (Å²) in [6, 6.07) is 23.6. The minimum atomic E-state index is -0.110. The summed E-state index contributed by atoms with van der Waals surface area (Å²) in [7, 11) is 0. The van der Waals surface area contributed by atoms with Crippen LogP contribution in [0.15, 0.2) is 71.7 Å². The molecule has 5 heteroatoms. The van der Waals surface area contributed by atoms with Crippen LogP contribution in [-0.2, 0) is 6.42 Å². The van der Waals surface area contributed by atoms with Crippen molar-refractivity contribution in [3.63, 3.8) is 0 Å². The molecule has 5 nitrogen and oxygen atoms in total. The number of hydrogen-bond donors (Lipinski definition) is 0. The summed E-state index contributed by atoms with van der Waals surface area (Å²) in [6.07, 6.45) is 3.27. The predicted octanol–water partition coefficient (Wildman–Crippen LogP) is 4.90. The number of aliphatic imine (C=N–C) groups is 1. The van der Waals surface area contributed by atoms with Gasteiger partial charge in [0, 0.05) is 17.9 Å². The zero-order valence-electron chi connectivity index (χ0n) is 16.8. The van der Waals surface area contributed by atoms with E-state index >= 15 is 0 Å². The molecule has 0 aromatic heterocycles. The van der Waals surface area contributed by atoms with Gasteiger partial charge in [0.1, 0.15) is 17.6 Å².